The molecule has 2 aromatic carbocycles. The van der Waals surface area contributed by atoms with E-state index in [1.165, 1.54) is 48.4 Å². The highest BCUT2D eigenvalue weighted by Gasteiger charge is 2.16. The topological polar surface area (TPSA) is 0 Å². The summed E-state index contributed by atoms with van der Waals surface area (Å²) in [7, 11) is 0. The molecule has 3 rings (SSSR count). The monoisotopic (exact) mass is 210 g/mol. The van der Waals surface area contributed by atoms with Gasteiger partial charge in [-0.3, -0.25) is 0 Å². The first-order valence-electron chi connectivity index (χ1n) is 6.39. The molecule has 0 aromatic heterocycles. The Morgan fingerprint density at radius 2 is 1.75 bits per heavy atom. The molecule has 0 atom stereocenters. The first kappa shape index (κ1) is 9.89. The summed E-state index contributed by atoms with van der Waals surface area (Å²) in [5.74, 6) is 1.02. The predicted molar refractivity (Wildman–Crippen MR) is 69.6 cm³/mol. The van der Waals surface area contributed by atoms with E-state index in [1.54, 1.807) is 0 Å². The summed E-state index contributed by atoms with van der Waals surface area (Å²) in [5.41, 5.74) is 1.51. The maximum Gasteiger partial charge on any atom is -0.0181 e. The third-order valence-electron chi connectivity index (χ3n) is 3.88. The van der Waals surface area contributed by atoms with Crippen molar-refractivity contribution in [1.29, 1.82) is 0 Å². The van der Waals surface area contributed by atoms with E-state index in [1.807, 2.05) is 0 Å². The Labute approximate surface area is 97.3 Å². The summed E-state index contributed by atoms with van der Waals surface area (Å²) in [6, 6.07) is 15.5. The molecule has 0 saturated heterocycles. The summed E-state index contributed by atoms with van der Waals surface area (Å²) < 4.78 is 0. The van der Waals surface area contributed by atoms with E-state index in [4.69, 9.17) is 0 Å². The van der Waals surface area contributed by atoms with Gasteiger partial charge in [0, 0.05) is 0 Å². The van der Waals surface area contributed by atoms with Crippen molar-refractivity contribution < 1.29 is 0 Å². The highest BCUT2D eigenvalue weighted by Crippen LogP contribution is 2.30. The van der Waals surface area contributed by atoms with Crippen molar-refractivity contribution in [3.8, 4) is 0 Å². The second kappa shape index (κ2) is 4.29. The number of hydrogen-bond donors (Lipinski definition) is 0. The molecule has 0 radical (unpaired) electrons. The minimum absolute atomic E-state index is 1.02. The third-order valence-corrected chi connectivity index (χ3v) is 3.88. The first-order chi connectivity index (χ1) is 7.92. The van der Waals surface area contributed by atoms with Crippen LogP contribution >= 0.6 is 0 Å². The molecule has 16 heavy (non-hydrogen) atoms. The predicted octanol–water partition coefficient (Wildman–Crippen LogP) is 4.57. The van der Waals surface area contributed by atoms with Crippen molar-refractivity contribution >= 4 is 10.8 Å². The highest BCUT2D eigenvalue weighted by molar-refractivity contribution is 5.82. The number of fused-ring (bicyclic) bond motifs is 1. The average molecular weight is 210 g/mol. The Bertz CT molecular complexity index is 480. The van der Waals surface area contributed by atoms with Crippen LogP contribution in [0.2, 0.25) is 0 Å². The molecule has 1 saturated carbocycles. The van der Waals surface area contributed by atoms with Crippen molar-refractivity contribution in [2.45, 2.75) is 32.1 Å². The maximum atomic E-state index is 2.36. The molecular weight excluding hydrogens is 192 g/mol. The molecule has 0 aliphatic heterocycles. The van der Waals surface area contributed by atoms with E-state index in [2.05, 4.69) is 42.5 Å². The summed E-state index contributed by atoms with van der Waals surface area (Å²) in [6.45, 7) is 0. The Morgan fingerprint density at radius 3 is 2.50 bits per heavy atom. The summed E-state index contributed by atoms with van der Waals surface area (Å²) in [6.07, 6.45) is 7.04. The lowest BCUT2D eigenvalue weighted by Gasteiger charge is -2.25. The summed E-state index contributed by atoms with van der Waals surface area (Å²) in [4.78, 5) is 0. The van der Waals surface area contributed by atoms with Crippen LogP contribution < -0.4 is 0 Å². The molecule has 0 heterocycles. The number of rotatable bonds is 3. The molecule has 0 bridgehead atoms. The van der Waals surface area contributed by atoms with Gasteiger partial charge in [-0.2, -0.15) is 0 Å². The third kappa shape index (κ3) is 1.97. The quantitative estimate of drug-likeness (QED) is 0.696. The van der Waals surface area contributed by atoms with Crippen LogP contribution in [0.25, 0.3) is 10.8 Å². The highest BCUT2D eigenvalue weighted by atomic mass is 14.2. The van der Waals surface area contributed by atoms with Crippen LogP contribution in [0.5, 0.6) is 0 Å². The molecule has 0 nitrogen and oxygen atoms in total. The van der Waals surface area contributed by atoms with Crippen LogP contribution in [0.3, 0.4) is 0 Å². The Balaban J connectivity index is 1.76. The molecule has 2 aromatic rings. The Hall–Kier alpha value is -1.30. The van der Waals surface area contributed by atoms with Crippen LogP contribution in [0, 0.1) is 5.92 Å². The van der Waals surface area contributed by atoms with Gasteiger partial charge in [-0.25, -0.2) is 0 Å². The lowest BCUT2D eigenvalue weighted by atomic mass is 9.81. The zero-order valence-electron chi connectivity index (χ0n) is 9.65. The molecule has 1 aliphatic carbocycles. The molecule has 0 N–H and O–H groups in total. The molecular formula is C16H18. The van der Waals surface area contributed by atoms with Crippen molar-refractivity contribution in [3.63, 3.8) is 0 Å². The van der Waals surface area contributed by atoms with E-state index < -0.39 is 0 Å². The normalized spacial score (nSPS) is 16.2. The SMILES string of the molecule is c1ccc2cc(CCC3CCC3)ccc2c1. The van der Waals surface area contributed by atoms with Gasteiger partial charge in [-0.1, -0.05) is 61.7 Å². The van der Waals surface area contributed by atoms with Gasteiger partial charge in [0.15, 0.2) is 0 Å². The van der Waals surface area contributed by atoms with Crippen LogP contribution in [0.4, 0.5) is 0 Å². The number of benzene rings is 2. The largest absolute Gasteiger partial charge is 0.0616 e. The van der Waals surface area contributed by atoms with Gasteiger partial charge in [0.05, 0.1) is 0 Å². The zero-order chi connectivity index (χ0) is 10.8. The minimum atomic E-state index is 1.02. The second-order valence-electron chi connectivity index (χ2n) is 5.02. The van der Waals surface area contributed by atoms with Gasteiger partial charge in [-0.05, 0) is 35.1 Å². The van der Waals surface area contributed by atoms with Gasteiger partial charge < -0.3 is 0 Å². The molecule has 1 aliphatic rings. The second-order valence-corrected chi connectivity index (χ2v) is 5.02. The Kier molecular flexibility index (Phi) is 2.65. The molecule has 0 heteroatoms. The number of aryl methyl sites for hydroxylation is 1. The molecule has 0 spiro atoms. The molecule has 82 valence electrons. The maximum absolute atomic E-state index is 2.36. The first-order valence-corrected chi connectivity index (χ1v) is 6.39. The lowest BCUT2D eigenvalue weighted by Crippen LogP contribution is -2.11. The van der Waals surface area contributed by atoms with Crippen molar-refractivity contribution in [1.82, 2.24) is 0 Å². The standard InChI is InChI=1S/C16H18/c1-2-7-16-12-14(10-11-15(16)6-1)9-8-13-4-3-5-13/h1-2,6-7,10-13H,3-5,8-9H2. The van der Waals surface area contributed by atoms with E-state index in [-0.39, 0.29) is 0 Å². The lowest BCUT2D eigenvalue weighted by molar-refractivity contribution is 0.296. The van der Waals surface area contributed by atoms with Gasteiger partial charge in [0.2, 0.25) is 0 Å². The average Bonchev–Trinajstić information content (AvgIpc) is 2.27. The van der Waals surface area contributed by atoms with Crippen LogP contribution in [-0.2, 0) is 6.42 Å². The zero-order valence-corrected chi connectivity index (χ0v) is 9.65. The molecule has 1 fully saturated rings. The molecule has 0 unspecified atom stereocenters. The van der Waals surface area contributed by atoms with Gasteiger partial charge in [0.25, 0.3) is 0 Å². The minimum Gasteiger partial charge on any atom is -0.0616 e. The van der Waals surface area contributed by atoms with Crippen LogP contribution in [0.15, 0.2) is 42.5 Å². The van der Waals surface area contributed by atoms with E-state index in [9.17, 15) is 0 Å². The number of hydrogen-bond acceptors (Lipinski definition) is 0. The van der Waals surface area contributed by atoms with Crippen LogP contribution in [-0.4, -0.2) is 0 Å². The molecule has 0 amide bonds. The van der Waals surface area contributed by atoms with Crippen LogP contribution in [0.1, 0.15) is 31.2 Å². The van der Waals surface area contributed by atoms with E-state index >= 15 is 0 Å². The fourth-order valence-electron chi connectivity index (χ4n) is 2.55. The smallest absolute Gasteiger partial charge is 0.0181 e. The van der Waals surface area contributed by atoms with E-state index in [0.29, 0.717) is 0 Å². The van der Waals surface area contributed by atoms with Crippen molar-refractivity contribution in [3.05, 3.63) is 48.0 Å². The summed E-state index contributed by atoms with van der Waals surface area (Å²) in [5, 5.41) is 2.74. The summed E-state index contributed by atoms with van der Waals surface area (Å²) >= 11 is 0. The Morgan fingerprint density at radius 1 is 0.938 bits per heavy atom. The fourth-order valence-corrected chi connectivity index (χ4v) is 2.55. The van der Waals surface area contributed by atoms with Crippen molar-refractivity contribution in [2.75, 3.05) is 0 Å². The van der Waals surface area contributed by atoms with Crippen molar-refractivity contribution in [2.24, 2.45) is 5.92 Å². The van der Waals surface area contributed by atoms with Gasteiger partial charge in [-0.15, -0.1) is 0 Å². The van der Waals surface area contributed by atoms with E-state index in [0.717, 1.165) is 5.92 Å². The van der Waals surface area contributed by atoms with Gasteiger partial charge in [0.1, 0.15) is 0 Å². The fraction of sp³-hybridized carbons (Fsp3) is 0.375. The van der Waals surface area contributed by atoms with Gasteiger partial charge >= 0.3 is 0 Å².